The maximum Gasteiger partial charge on any atom is 0.136 e. The Hall–Kier alpha value is -1.56. The van der Waals surface area contributed by atoms with E-state index in [2.05, 4.69) is 0 Å². The van der Waals surface area contributed by atoms with E-state index in [0.29, 0.717) is 5.75 Å². The Balaban J connectivity index is 3.19. The monoisotopic (exact) mass is 150 g/mol. The standard InChI is InChI=1S/C8H6FNO/c1-11-8-3-2-7(9)4-6(8)5-10/h2-4H,1H3/i9-1. The summed E-state index contributed by atoms with van der Waals surface area (Å²) < 4.78 is 17.3. The Morgan fingerprint density at radius 1 is 1.55 bits per heavy atom. The summed E-state index contributed by atoms with van der Waals surface area (Å²) in [5.74, 6) is -0.0312. The van der Waals surface area contributed by atoms with E-state index < -0.39 is 5.82 Å². The van der Waals surface area contributed by atoms with Crippen LogP contribution in [0.2, 0.25) is 0 Å². The summed E-state index contributed by atoms with van der Waals surface area (Å²) in [7, 11) is 1.44. The third kappa shape index (κ3) is 1.47. The molecule has 11 heavy (non-hydrogen) atoms. The highest BCUT2D eigenvalue weighted by atomic mass is 18.2. The second-order valence-corrected chi connectivity index (χ2v) is 1.96. The van der Waals surface area contributed by atoms with Crippen LogP contribution < -0.4 is 4.74 Å². The van der Waals surface area contributed by atoms with Crippen LogP contribution in [-0.4, -0.2) is 7.11 Å². The van der Waals surface area contributed by atoms with Crippen molar-refractivity contribution in [3.63, 3.8) is 0 Å². The molecule has 1 aromatic carbocycles. The van der Waals surface area contributed by atoms with Gasteiger partial charge in [0, 0.05) is 0 Å². The average Bonchev–Trinajstić information content (AvgIpc) is 2.04. The Morgan fingerprint density at radius 2 is 2.27 bits per heavy atom. The van der Waals surface area contributed by atoms with Crippen LogP contribution in [0.15, 0.2) is 18.2 Å². The van der Waals surface area contributed by atoms with Gasteiger partial charge in [0.1, 0.15) is 17.6 Å². The molecule has 0 radical (unpaired) electrons. The summed E-state index contributed by atoms with van der Waals surface area (Å²) in [6.07, 6.45) is 0. The van der Waals surface area contributed by atoms with Gasteiger partial charge in [0.25, 0.3) is 0 Å². The van der Waals surface area contributed by atoms with Gasteiger partial charge >= 0.3 is 0 Å². The summed E-state index contributed by atoms with van der Waals surface area (Å²) in [6.45, 7) is 0. The molecule has 0 spiro atoms. The van der Waals surface area contributed by atoms with Crippen molar-refractivity contribution in [1.82, 2.24) is 0 Å². The van der Waals surface area contributed by atoms with Gasteiger partial charge in [-0.2, -0.15) is 5.26 Å². The van der Waals surface area contributed by atoms with Crippen LogP contribution in [-0.2, 0) is 0 Å². The van der Waals surface area contributed by atoms with E-state index >= 15 is 0 Å². The lowest BCUT2D eigenvalue weighted by Gasteiger charge is -2.00. The maximum atomic E-state index is 12.5. The van der Waals surface area contributed by atoms with E-state index in [1.807, 2.05) is 6.07 Å². The molecule has 56 valence electrons. The van der Waals surface area contributed by atoms with Gasteiger partial charge in [0.15, 0.2) is 0 Å². The first kappa shape index (κ1) is 7.55. The molecule has 0 atom stereocenters. The quantitative estimate of drug-likeness (QED) is 0.610. The highest BCUT2D eigenvalue weighted by molar-refractivity contribution is 5.42. The van der Waals surface area contributed by atoms with Crippen LogP contribution in [0.4, 0.5) is 4.39 Å². The first-order valence-corrected chi connectivity index (χ1v) is 3.01. The molecule has 2 nitrogen and oxygen atoms in total. The van der Waals surface area contributed by atoms with Gasteiger partial charge in [-0.15, -0.1) is 0 Å². The minimum atomic E-state index is -0.428. The molecule has 1 rings (SSSR count). The molecular weight excluding hydrogens is 144 g/mol. The molecule has 0 aliphatic rings. The average molecular weight is 150 g/mol. The zero-order chi connectivity index (χ0) is 8.27. The normalized spacial score (nSPS) is 8.82. The van der Waals surface area contributed by atoms with Crippen molar-refractivity contribution >= 4 is 0 Å². The SMILES string of the molecule is COc1ccc([18F])cc1C#N. The molecule has 1 aromatic rings. The molecule has 0 aliphatic carbocycles. The van der Waals surface area contributed by atoms with Crippen LogP contribution in [0.1, 0.15) is 5.56 Å². The molecule has 3 heteroatoms. The lowest BCUT2D eigenvalue weighted by atomic mass is 10.2. The van der Waals surface area contributed by atoms with Crippen molar-refractivity contribution in [3.8, 4) is 11.8 Å². The molecule has 0 aromatic heterocycles. The minimum Gasteiger partial charge on any atom is -0.495 e. The Morgan fingerprint density at radius 3 is 2.82 bits per heavy atom. The van der Waals surface area contributed by atoms with E-state index in [0.717, 1.165) is 6.07 Å². The lowest BCUT2D eigenvalue weighted by molar-refractivity contribution is 0.412. The fourth-order valence-electron chi connectivity index (χ4n) is 0.768. The van der Waals surface area contributed by atoms with Crippen LogP contribution in [0.3, 0.4) is 0 Å². The van der Waals surface area contributed by atoms with Crippen molar-refractivity contribution in [2.24, 2.45) is 0 Å². The van der Waals surface area contributed by atoms with Gasteiger partial charge in [-0.05, 0) is 18.2 Å². The van der Waals surface area contributed by atoms with Crippen molar-refractivity contribution in [2.75, 3.05) is 7.11 Å². The van der Waals surface area contributed by atoms with Crippen LogP contribution in [0.5, 0.6) is 5.75 Å². The number of rotatable bonds is 1. The van der Waals surface area contributed by atoms with Crippen LogP contribution in [0.25, 0.3) is 0 Å². The third-order valence-electron chi connectivity index (χ3n) is 1.28. The van der Waals surface area contributed by atoms with E-state index in [1.54, 1.807) is 0 Å². The topological polar surface area (TPSA) is 33.0 Å². The molecule has 0 unspecified atom stereocenters. The zero-order valence-corrected chi connectivity index (χ0v) is 5.97. The van der Waals surface area contributed by atoms with Gasteiger partial charge in [-0.3, -0.25) is 0 Å². The number of nitriles is 1. The number of nitrogens with zero attached hydrogens (tertiary/aromatic N) is 1. The number of benzene rings is 1. The molecule has 0 saturated heterocycles. The number of methoxy groups -OCH3 is 1. The van der Waals surface area contributed by atoms with E-state index in [-0.39, 0.29) is 5.56 Å². The van der Waals surface area contributed by atoms with E-state index in [4.69, 9.17) is 10.00 Å². The van der Waals surface area contributed by atoms with Crippen molar-refractivity contribution in [1.29, 1.82) is 5.26 Å². The van der Waals surface area contributed by atoms with Gasteiger partial charge in [-0.25, -0.2) is 4.39 Å². The summed E-state index contributed by atoms with van der Waals surface area (Å²) >= 11 is 0. The molecule has 0 heterocycles. The van der Waals surface area contributed by atoms with Crippen molar-refractivity contribution in [3.05, 3.63) is 29.6 Å². The lowest BCUT2D eigenvalue weighted by Crippen LogP contribution is -1.88. The Kier molecular flexibility index (Phi) is 2.07. The molecule has 0 fully saturated rings. The van der Waals surface area contributed by atoms with Crippen LogP contribution in [0, 0.1) is 17.1 Å². The highest BCUT2D eigenvalue weighted by Crippen LogP contribution is 2.17. The molecule has 0 saturated carbocycles. The summed E-state index contributed by atoms with van der Waals surface area (Å²) in [6, 6.07) is 5.63. The first-order chi connectivity index (χ1) is 5.27. The van der Waals surface area contributed by atoms with Gasteiger partial charge in [-0.1, -0.05) is 0 Å². The molecule has 0 N–H and O–H groups in total. The number of ether oxygens (including phenoxy) is 1. The van der Waals surface area contributed by atoms with Crippen molar-refractivity contribution < 1.29 is 9.13 Å². The largest absolute Gasteiger partial charge is 0.495 e. The maximum absolute atomic E-state index is 12.5. The Bertz CT molecular complexity index is 303. The van der Waals surface area contributed by atoms with E-state index in [1.165, 1.54) is 19.2 Å². The Labute approximate surface area is 63.8 Å². The van der Waals surface area contributed by atoms with Gasteiger partial charge in [0.05, 0.1) is 12.7 Å². The molecule has 0 amide bonds. The second kappa shape index (κ2) is 3.02. The summed E-state index contributed by atoms with van der Waals surface area (Å²) in [5.41, 5.74) is 0.215. The number of halogens is 1. The number of hydrogen-bond acceptors (Lipinski definition) is 2. The first-order valence-electron chi connectivity index (χ1n) is 3.01. The fourth-order valence-corrected chi connectivity index (χ4v) is 0.768. The van der Waals surface area contributed by atoms with Crippen molar-refractivity contribution in [2.45, 2.75) is 0 Å². The van der Waals surface area contributed by atoms with Crippen LogP contribution >= 0.6 is 0 Å². The predicted molar refractivity (Wildman–Crippen MR) is 37.7 cm³/mol. The summed E-state index contributed by atoms with van der Waals surface area (Å²) in [5, 5.41) is 8.48. The predicted octanol–water partition coefficient (Wildman–Crippen LogP) is 1.71. The van der Waals surface area contributed by atoms with Gasteiger partial charge < -0.3 is 4.74 Å². The molecular formula is C8H6FNO. The second-order valence-electron chi connectivity index (χ2n) is 1.96. The number of hydrogen-bond donors (Lipinski definition) is 0. The molecule has 0 aliphatic heterocycles. The smallest absolute Gasteiger partial charge is 0.136 e. The fraction of sp³-hybridized carbons (Fsp3) is 0.125. The zero-order valence-electron chi connectivity index (χ0n) is 5.97. The highest BCUT2D eigenvalue weighted by Gasteiger charge is 2.01. The minimum absolute atomic E-state index is 0.215. The third-order valence-corrected chi connectivity index (χ3v) is 1.28. The van der Waals surface area contributed by atoms with E-state index in [9.17, 15) is 4.39 Å². The van der Waals surface area contributed by atoms with Gasteiger partial charge in [0.2, 0.25) is 0 Å². The summed E-state index contributed by atoms with van der Waals surface area (Å²) in [4.78, 5) is 0. The molecule has 0 bridgehead atoms.